The first kappa shape index (κ1) is 36.9. The number of hydrogen-bond acceptors (Lipinski definition) is 9. The monoisotopic (exact) mass is 809 g/mol. The van der Waals surface area contributed by atoms with Crippen LogP contribution in [0.4, 0.5) is 5.69 Å². The standard InChI is InChI=1S/C49H40BN3O8/c1-4-34-35-21-20-33(23-40(35)51-45-37(34)26-52-42(45)25-39-38(47(52)54)28-59-48(55)49(39,56)5-2)58-27-29-15-17-31(18-16-29)50-53(41-13-9-10-14-43(41)60-50)46(30-11-7-6-8-12-30)36-22-19-32(57-3)24-44(36)61-50/h6-25,56H,4-5,26-28H2,1-3H3/t49-,50?/m1/s1. The first-order chi connectivity index (χ1) is 29.7. The van der Waals surface area contributed by atoms with Gasteiger partial charge in [0.2, 0.25) is 0 Å². The van der Waals surface area contributed by atoms with Crippen LogP contribution in [0.3, 0.4) is 0 Å². The predicted molar refractivity (Wildman–Crippen MR) is 230 cm³/mol. The van der Waals surface area contributed by atoms with Gasteiger partial charge in [-0.15, -0.1) is 0 Å². The van der Waals surface area contributed by atoms with Gasteiger partial charge in [-0.05, 0) is 78.0 Å². The van der Waals surface area contributed by atoms with Crippen molar-refractivity contribution in [3.8, 4) is 34.4 Å². The zero-order valence-corrected chi connectivity index (χ0v) is 33.8. The average molecular weight is 810 g/mol. The van der Waals surface area contributed by atoms with Crippen molar-refractivity contribution >= 4 is 40.4 Å². The number of aryl methyl sites for hydroxylation is 1. The van der Waals surface area contributed by atoms with Crippen molar-refractivity contribution in [3.05, 3.63) is 171 Å². The molecular formula is C49H40BN3O8. The van der Waals surface area contributed by atoms with Gasteiger partial charge in [-0.1, -0.05) is 68.4 Å². The van der Waals surface area contributed by atoms with E-state index in [4.69, 9.17) is 28.5 Å². The second kappa shape index (κ2) is 13.7. The number of ether oxygens (including phenoxy) is 3. The number of fused-ring (bicyclic) bond motifs is 9. The number of rotatable bonds is 8. The van der Waals surface area contributed by atoms with Crippen LogP contribution in [0.2, 0.25) is 0 Å². The highest BCUT2D eigenvalue weighted by Crippen LogP contribution is 2.45. The van der Waals surface area contributed by atoms with Crippen molar-refractivity contribution in [3.63, 3.8) is 0 Å². The number of carbonyl (C=O) groups is 1. The number of pyridine rings is 2. The Bertz CT molecular complexity index is 3090. The molecule has 0 spiro atoms. The molecule has 0 fully saturated rings. The lowest BCUT2D eigenvalue weighted by molar-refractivity contribution is -0.317. The van der Waals surface area contributed by atoms with Crippen LogP contribution < -0.4 is 29.8 Å². The van der Waals surface area contributed by atoms with Crippen molar-refractivity contribution in [1.29, 1.82) is 0 Å². The molecule has 11 rings (SSSR count). The number of benzene rings is 5. The number of aromatic nitrogens is 2. The van der Waals surface area contributed by atoms with Crippen LogP contribution in [0, 0.1) is 0 Å². The van der Waals surface area contributed by atoms with Gasteiger partial charge in [0.1, 0.15) is 30.5 Å². The number of carbonyl (C=O) groups excluding carboxylic acids is 1. The van der Waals surface area contributed by atoms with Crippen LogP contribution in [0.15, 0.2) is 126 Å². The molecule has 0 radical (unpaired) electrons. The van der Waals surface area contributed by atoms with E-state index in [1.807, 2.05) is 97.1 Å². The maximum Gasteiger partial charge on any atom is 0.685 e. The number of nitrogens with zero attached hydrogens (tertiary/aromatic N) is 3. The van der Waals surface area contributed by atoms with Crippen molar-refractivity contribution < 1.29 is 37.9 Å². The molecule has 2 aromatic heterocycles. The van der Waals surface area contributed by atoms with Gasteiger partial charge in [0.25, 0.3) is 5.56 Å². The summed E-state index contributed by atoms with van der Waals surface area (Å²) < 4.78 is 35.1. The number of aliphatic hydroxyl groups is 1. The average Bonchev–Trinajstić information content (AvgIpc) is 3.84. The van der Waals surface area contributed by atoms with Gasteiger partial charge in [0.15, 0.2) is 17.0 Å². The van der Waals surface area contributed by atoms with E-state index >= 15 is 0 Å². The molecule has 12 heteroatoms. The quantitative estimate of drug-likeness (QED) is 0.127. The van der Waals surface area contributed by atoms with E-state index in [0.29, 0.717) is 52.9 Å². The van der Waals surface area contributed by atoms with Gasteiger partial charge in [-0.3, -0.25) is 4.79 Å². The van der Waals surface area contributed by atoms with E-state index in [0.717, 1.165) is 67.8 Å². The van der Waals surface area contributed by atoms with Crippen LogP contribution in [0.25, 0.3) is 22.3 Å². The van der Waals surface area contributed by atoms with E-state index < -0.39 is 18.3 Å². The zero-order valence-electron chi connectivity index (χ0n) is 33.8. The summed E-state index contributed by atoms with van der Waals surface area (Å²) in [6.07, 6.45) is 0.802. The summed E-state index contributed by atoms with van der Waals surface area (Å²) in [5.74, 6) is 1.98. The SMILES string of the molecule is CCc1c2c(nc3cc(OCc4ccc([B-]56Oc7cc(OC)ccc7C(c7ccccc7)=[N+]5c5ccccc5O6)cc4)ccc13)-c1cc3c(c(=O)n1C2)COC(=O)[C@@]3(O)CC. The Morgan fingerprint density at radius 2 is 1.62 bits per heavy atom. The molecule has 302 valence electrons. The number of hydrogen-bond donors (Lipinski definition) is 1. The Hall–Kier alpha value is -7.18. The van der Waals surface area contributed by atoms with E-state index in [2.05, 4.69) is 29.6 Å². The van der Waals surface area contributed by atoms with Crippen molar-refractivity contribution in [2.24, 2.45) is 0 Å². The maximum atomic E-state index is 13.8. The van der Waals surface area contributed by atoms with Gasteiger partial charge >= 0.3 is 12.7 Å². The summed E-state index contributed by atoms with van der Waals surface area (Å²) >= 11 is 0. The lowest BCUT2D eigenvalue weighted by atomic mass is 9.61. The highest BCUT2D eigenvalue weighted by atomic mass is 16.6. The molecule has 7 aromatic rings. The fourth-order valence-electron chi connectivity index (χ4n) is 9.59. The van der Waals surface area contributed by atoms with Crippen molar-refractivity contribution in [2.45, 2.75) is 52.0 Å². The van der Waals surface area contributed by atoms with Gasteiger partial charge < -0.3 is 37.7 Å². The van der Waals surface area contributed by atoms with Crippen molar-refractivity contribution in [2.75, 3.05) is 7.11 Å². The third-order valence-corrected chi connectivity index (χ3v) is 12.7. The zero-order chi connectivity index (χ0) is 41.6. The molecule has 0 amide bonds. The van der Waals surface area contributed by atoms with E-state index in [1.165, 1.54) is 0 Å². The summed E-state index contributed by atoms with van der Waals surface area (Å²) in [7, 11) is 1.65. The van der Waals surface area contributed by atoms with Crippen LogP contribution >= 0.6 is 0 Å². The summed E-state index contributed by atoms with van der Waals surface area (Å²) in [5, 5.41) is 12.3. The van der Waals surface area contributed by atoms with Crippen LogP contribution in [0.5, 0.6) is 23.0 Å². The van der Waals surface area contributed by atoms with Crippen LogP contribution in [-0.4, -0.2) is 44.6 Å². The van der Waals surface area contributed by atoms with E-state index in [-0.39, 0.29) is 18.6 Å². The predicted octanol–water partition coefficient (Wildman–Crippen LogP) is 7.04. The molecular weight excluding hydrogens is 769 g/mol. The minimum Gasteiger partial charge on any atom is -0.618 e. The molecule has 6 heterocycles. The molecule has 1 unspecified atom stereocenters. The summed E-state index contributed by atoms with van der Waals surface area (Å²) in [4.78, 5) is 31.6. The van der Waals surface area contributed by atoms with Crippen LogP contribution in [0.1, 0.15) is 59.2 Å². The smallest absolute Gasteiger partial charge is 0.618 e. The Morgan fingerprint density at radius 3 is 2.41 bits per heavy atom. The lowest BCUT2D eigenvalue weighted by Gasteiger charge is -2.37. The molecule has 2 atom stereocenters. The molecule has 1 N–H and O–H groups in total. The summed E-state index contributed by atoms with van der Waals surface area (Å²) in [5.41, 5.74) is 8.11. The second-order valence-corrected chi connectivity index (χ2v) is 15.9. The minimum absolute atomic E-state index is 0.0807. The fraction of sp³-hybridized carbons (Fsp3) is 0.184. The highest BCUT2D eigenvalue weighted by Gasteiger charge is 2.59. The summed E-state index contributed by atoms with van der Waals surface area (Å²) in [6, 6.07) is 40.0. The third-order valence-electron chi connectivity index (χ3n) is 12.7. The van der Waals surface area contributed by atoms with E-state index in [1.54, 1.807) is 24.7 Å². The Labute approximate surface area is 351 Å². The number of para-hydroxylation sites is 2. The number of methoxy groups -OCH3 is 1. The van der Waals surface area contributed by atoms with E-state index in [9.17, 15) is 14.7 Å². The molecule has 11 nitrogen and oxygen atoms in total. The minimum atomic E-state index is -2.29. The molecule has 4 aliphatic heterocycles. The molecule has 0 saturated heterocycles. The first-order valence-electron chi connectivity index (χ1n) is 20.6. The molecule has 61 heavy (non-hydrogen) atoms. The molecule has 0 bridgehead atoms. The Kier molecular flexibility index (Phi) is 8.27. The fourth-order valence-corrected chi connectivity index (χ4v) is 9.59. The third kappa shape index (κ3) is 5.41. The summed E-state index contributed by atoms with van der Waals surface area (Å²) in [6.45, 7) is 1.98. The number of cyclic esters (lactones) is 1. The molecule has 5 aromatic carbocycles. The Morgan fingerprint density at radius 1 is 0.852 bits per heavy atom. The Balaban J connectivity index is 0.932. The van der Waals surface area contributed by atoms with Gasteiger partial charge in [-0.25, -0.2) is 9.78 Å². The van der Waals surface area contributed by atoms with Gasteiger partial charge in [0, 0.05) is 40.3 Å². The van der Waals surface area contributed by atoms with Crippen LogP contribution in [-0.2, 0) is 41.3 Å². The largest absolute Gasteiger partial charge is 0.685 e. The highest BCUT2D eigenvalue weighted by molar-refractivity contribution is 6.77. The topological polar surface area (TPSA) is 121 Å². The first-order valence-corrected chi connectivity index (χ1v) is 20.6. The van der Waals surface area contributed by atoms with Gasteiger partial charge in [0.05, 0.1) is 47.4 Å². The lowest BCUT2D eigenvalue weighted by Crippen LogP contribution is -2.66. The normalized spacial score (nSPS) is 19.1. The molecule has 0 aliphatic carbocycles. The van der Waals surface area contributed by atoms with Crippen molar-refractivity contribution in [1.82, 2.24) is 9.55 Å². The molecule has 0 saturated carbocycles. The number of esters is 1. The molecule has 4 aliphatic rings. The second-order valence-electron chi connectivity index (χ2n) is 15.9. The van der Waals surface area contributed by atoms with Gasteiger partial charge in [-0.2, -0.15) is 0 Å². The maximum absolute atomic E-state index is 13.8.